The molecule has 0 unspecified atom stereocenters. The quantitative estimate of drug-likeness (QED) is 0.428. The summed E-state index contributed by atoms with van der Waals surface area (Å²) in [4.78, 5) is 28.0. The average Bonchev–Trinajstić information content (AvgIpc) is 3.20. The van der Waals surface area contributed by atoms with Gasteiger partial charge in [-0.05, 0) is 24.3 Å². The van der Waals surface area contributed by atoms with Crippen LogP contribution >= 0.6 is 0 Å². The number of piperazine rings is 1. The number of aromatic hydroxyl groups is 1. The van der Waals surface area contributed by atoms with Crippen LogP contribution < -0.4 is 20.3 Å². The predicted octanol–water partition coefficient (Wildman–Crippen LogP) is 2.19. The summed E-state index contributed by atoms with van der Waals surface area (Å²) in [7, 11) is 1.58. The molecule has 3 N–H and O–H groups in total. The Labute approximate surface area is 189 Å². The molecule has 1 saturated heterocycles. The number of amides is 1. The van der Waals surface area contributed by atoms with E-state index in [0.717, 1.165) is 37.3 Å². The molecule has 1 fully saturated rings. The second kappa shape index (κ2) is 8.75. The summed E-state index contributed by atoms with van der Waals surface area (Å²) >= 11 is 0. The first-order chi connectivity index (χ1) is 16.1. The molecule has 0 bridgehead atoms. The fraction of sp³-hybridized carbons (Fsp3) is 0.217. The Bertz CT molecular complexity index is 1310. The summed E-state index contributed by atoms with van der Waals surface area (Å²) in [6.07, 6.45) is 7.95. The molecule has 1 aromatic carbocycles. The lowest BCUT2D eigenvalue weighted by atomic mass is 10.2. The Hall–Kier alpha value is -4.18. The van der Waals surface area contributed by atoms with Gasteiger partial charge in [-0.15, -0.1) is 0 Å². The molecule has 5 rings (SSSR count). The normalized spacial score (nSPS) is 13.8. The minimum absolute atomic E-state index is 0.00719. The largest absolute Gasteiger partial charge is 0.497 e. The number of rotatable bonds is 5. The number of anilines is 2. The van der Waals surface area contributed by atoms with Gasteiger partial charge < -0.3 is 25.4 Å². The van der Waals surface area contributed by atoms with Crippen molar-refractivity contribution in [2.24, 2.45) is 0 Å². The molecule has 1 aliphatic rings. The van der Waals surface area contributed by atoms with E-state index in [9.17, 15) is 9.90 Å². The van der Waals surface area contributed by atoms with Gasteiger partial charge in [0.25, 0.3) is 5.91 Å². The number of ether oxygens (including phenoxy) is 1. The zero-order valence-corrected chi connectivity index (χ0v) is 18.0. The number of carbonyl (C=O) groups is 1. The Balaban J connectivity index is 1.43. The minimum Gasteiger partial charge on any atom is -0.497 e. The summed E-state index contributed by atoms with van der Waals surface area (Å²) in [6.45, 7) is 3.44. The van der Waals surface area contributed by atoms with Crippen molar-refractivity contribution in [3.8, 4) is 17.4 Å². The first kappa shape index (κ1) is 20.7. The van der Waals surface area contributed by atoms with Crippen LogP contribution in [-0.2, 0) is 0 Å². The molecule has 168 valence electrons. The third-order valence-corrected chi connectivity index (χ3v) is 5.60. The maximum atomic E-state index is 13.0. The van der Waals surface area contributed by atoms with Crippen molar-refractivity contribution in [3.05, 3.63) is 60.9 Å². The fourth-order valence-electron chi connectivity index (χ4n) is 3.92. The van der Waals surface area contributed by atoms with Gasteiger partial charge in [-0.3, -0.25) is 19.3 Å². The molecular weight excluding hydrogens is 422 g/mol. The highest BCUT2D eigenvalue weighted by Gasteiger charge is 2.18. The van der Waals surface area contributed by atoms with Gasteiger partial charge >= 0.3 is 0 Å². The maximum Gasteiger partial charge on any atom is 0.276 e. The minimum atomic E-state index is -0.411. The summed E-state index contributed by atoms with van der Waals surface area (Å²) in [5.41, 5.74) is 1.64. The second-order valence-electron chi connectivity index (χ2n) is 7.62. The van der Waals surface area contributed by atoms with Crippen molar-refractivity contribution in [2.75, 3.05) is 43.5 Å². The molecule has 4 aromatic rings. The van der Waals surface area contributed by atoms with Crippen LogP contribution in [0.4, 0.5) is 11.4 Å². The molecule has 3 aromatic heterocycles. The zero-order valence-electron chi connectivity index (χ0n) is 18.0. The first-order valence-corrected chi connectivity index (χ1v) is 10.6. The van der Waals surface area contributed by atoms with Crippen LogP contribution in [0.1, 0.15) is 10.5 Å². The number of nitrogens with one attached hydrogen (secondary N) is 2. The molecule has 4 heterocycles. The van der Waals surface area contributed by atoms with Gasteiger partial charge in [0.1, 0.15) is 11.4 Å². The van der Waals surface area contributed by atoms with E-state index in [4.69, 9.17) is 4.74 Å². The number of pyridine rings is 1. The van der Waals surface area contributed by atoms with Gasteiger partial charge in [0, 0.05) is 49.3 Å². The van der Waals surface area contributed by atoms with Crippen molar-refractivity contribution < 1.29 is 14.6 Å². The van der Waals surface area contributed by atoms with Crippen molar-refractivity contribution in [1.29, 1.82) is 0 Å². The molecule has 0 spiro atoms. The zero-order chi connectivity index (χ0) is 22.8. The van der Waals surface area contributed by atoms with Crippen molar-refractivity contribution in [2.45, 2.75) is 0 Å². The number of nitrogens with zero attached hydrogens (tertiary/aromatic N) is 5. The van der Waals surface area contributed by atoms with E-state index in [-0.39, 0.29) is 11.6 Å². The number of hydrogen-bond acceptors (Lipinski definition) is 8. The third-order valence-electron chi connectivity index (χ3n) is 5.60. The molecule has 0 radical (unpaired) electrons. The van der Waals surface area contributed by atoms with E-state index in [1.165, 1.54) is 17.0 Å². The van der Waals surface area contributed by atoms with Gasteiger partial charge in [-0.2, -0.15) is 0 Å². The van der Waals surface area contributed by atoms with Crippen LogP contribution in [0.3, 0.4) is 0 Å². The average molecular weight is 445 g/mol. The number of hydrogen-bond donors (Lipinski definition) is 3. The first-order valence-electron chi connectivity index (χ1n) is 10.6. The van der Waals surface area contributed by atoms with Crippen LogP contribution in [0, 0.1) is 0 Å². The monoisotopic (exact) mass is 445 g/mol. The van der Waals surface area contributed by atoms with Crippen LogP contribution in [0.5, 0.6) is 11.6 Å². The molecule has 0 atom stereocenters. The Morgan fingerprint density at radius 1 is 1.15 bits per heavy atom. The number of benzene rings is 1. The van der Waals surface area contributed by atoms with E-state index in [2.05, 4.69) is 30.5 Å². The molecular formula is C23H23N7O3. The number of carbonyl (C=O) groups excluding carboxylic acids is 1. The molecule has 33 heavy (non-hydrogen) atoms. The highest BCUT2D eigenvalue weighted by Crippen LogP contribution is 2.32. The van der Waals surface area contributed by atoms with E-state index >= 15 is 0 Å². The Morgan fingerprint density at radius 2 is 2.00 bits per heavy atom. The van der Waals surface area contributed by atoms with Crippen molar-refractivity contribution in [3.63, 3.8) is 0 Å². The van der Waals surface area contributed by atoms with E-state index in [1.54, 1.807) is 37.8 Å². The van der Waals surface area contributed by atoms with Gasteiger partial charge in [0.05, 0.1) is 37.1 Å². The summed E-state index contributed by atoms with van der Waals surface area (Å²) in [5, 5.41) is 18.3. The lowest BCUT2D eigenvalue weighted by Gasteiger charge is -2.30. The van der Waals surface area contributed by atoms with Crippen molar-refractivity contribution in [1.82, 2.24) is 24.8 Å². The highest BCUT2D eigenvalue weighted by atomic mass is 16.5. The third kappa shape index (κ3) is 4.03. The molecule has 0 saturated carbocycles. The number of methoxy groups -OCH3 is 1. The molecule has 1 aliphatic heterocycles. The standard InChI is InChI=1S/C23H23N7O3/c1-33-16-2-3-17-15(10-16)14-30(23(17)32)21-13-26-12-19(27-21)22(31)28-18-11-25-5-4-20(18)29-8-6-24-7-9-29/h2-5,10-14,24,32H,6-9H2,1H3,(H,28,31). The molecule has 0 aliphatic carbocycles. The summed E-state index contributed by atoms with van der Waals surface area (Å²) < 4.78 is 6.74. The van der Waals surface area contributed by atoms with E-state index < -0.39 is 5.91 Å². The smallest absolute Gasteiger partial charge is 0.276 e. The lowest BCUT2D eigenvalue weighted by molar-refractivity contribution is 0.102. The predicted molar refractivity (Wildman–Crippen MR) is 124 cm³/mol. The van der Waals surface area contributed by atoms with Gasteiger partial charge in [0.2, 0.25) is 5.88 Å². The molecule has 10 heteroatoms. The lowest BCUT2D eigenvalue weighted by Crippen LogP contribution is -2.43. The van der Waals surface area contributed by atoms with Gasteiger partial charge in [-0.1, -0.05) is 0 Å². The van der Waals surface area contributed by atoms with Crippen LogP contribution in [0.15, 0.2) is 55.2 Å². The van der Waals surface area contributed by atoms with Crippen molar-refractivity contribution >= 4 is 28.1 Å². The van der Waals surface area contributed by atoms with E-state index in [0.29, 0.717) is 22.6 Å². The second-order valence-corrected chi connectivity index (χ2v) is 7.62. The maximum absolute atomic E-state index is 13.0. The summed E-state index contributed by atoms with van der Waals surface area (Å²) in [5.74, 6) is 0.596. The van der Waals surface area contributed by atoms with Gasteiger partial charge in [-0.25, -0.2) is 4.98 Å². The Morgan fingerprint density at radius 3 is 2.82 bits per heavy atom. The van der Waals surface area contributed by atoms with Crippen LogP contribution in [-0.4, -0.2) is 63.8 Å². The number of aromatic nitrogens is 4. The Kier molecular flexibility index (Phi) is 5.49. The topological polar surface area (TPSA) is 117 Å². The molecule has 1 amide bonds. The summed E-state index contributed by atoms with van der Waals surface area (Å²) in [6, 6.07) is 7.24. The fourth-order valence-corrected chi connectivity index (χ4v) is 3.92. The van der Waals surface area contributed by atoms with Crippen LogP contribution in [0.25, 0.3) is 16.6 Å². The van der Waals surface area contributed by atoms with Crippen LogP contribution in [0.2, 0.25) is 0 Å². The van der Waals surface area contributed by atoms with Gasteiger partial charge in [0.15, 0.2) is 5.82 Å². The highest BCUT2D eigenvalue weighted by molar-refractivity contribution is 6.04. The molecule has 10 nitrogen and oxygen atoms in total. The number of fused-ring (bicyclic) bond motifs is 1. The van der Waals surface area contributed by atoms with E-state index in [1.807, 2.05) is 12.1 Å². The SMILES string of the molecule is COc1ccc2c(O)n(-c3cncc(C(=O)Nc4cnccc4N4CCNCC4)n3)cc2c1.